The van der Waals surface area contributed by atoms with Gasteiger partial charge in [-0.3, -0.25) is 9.59 Å². The summed E-state index contributed by atoms with van der Waals surface area (Å²) in [6, 6.07) is 10.2. The Morgan fingerprint density at radius 3 is 2.48 bits per heavy atom. The SMILES string of the molecule is CCCN1C(=O)COc2ccc(NC(=O)c3cc(OC)cc(OC)c3)cc21. The number of fused-ring (bicyclic) bond motifs is 1. The molecule has 0 saturated heterocycles. The Balaban J connectivity index is 1.86. The Morgan fingerprint density at radius 1 is 1.15 bits per heavy atom. The number of anilines is 2. The van der Waals surface area contributed by atoms with Crippen LogP contribution in [0.25, 0.3) is 0 Å². The van der Waals surface area contributed by atoms with Crippen LogP contribution < -0.4 is 24.4 Å². The fourth-order valence-corrected chi connectivity index (χ4v) is 2.89. The minimum absolute atomic E-state index is 0.0301. The summed E-state index contributed by atoms with van der Waals surface area (Å²) in [4.78, 5) is 26.5. The highest BCUT2D eigenvalue weighted by Crippen LogP contribution is 2.35. The third-order valence-corrected chi connectivity index (χ3v) is 4.22. The van der Waals surface area contributed by atoms with E-state index in [1.54, 1.807) is 41.3 Å². The highest BCUT2D eigenvalue weighted by atomic mass is 16.5. The standard InChI is InChI=1S/C20H22N2O5/c1-4-7-22-17-10-14(5-6-18(17)27-12-19(22)23)21-20(24)13-8-15(25-2)11-16(9-13)26-3/h5-6,8-11H,4,7,12H2,1-3H3,(H,21,24). The van der Waals surface area contributed by atoms with Crippen molar-refractivity contribution in [2.45, 2.75) is 13.3 Å². The van der Waals surface area contributed by atoms with E-state index in [9.17, 15) is 9.59 Å². The van der Waals surface area contributed by atoms with Gasteiger partial charge in [0, 0.05) is 23.9 Å². The lowest BCUT2D eigenvalue weighted by Crippen LogP contribution is -2.39. The summed E-state index contributed by atoms with van der Waals surface area (Å²) in [5.41, 5.74) is 1.63. The smallest absolute Gasteiger partial charge is 0.265 e. The van der Waals surface area contributed by atoms with Gasteiger partial charge in [-0.05, 0) is 36.8 Å². The van der Waals surface area contributed by atoms with Crippen LogP contribution in [0.1, 0.15) is 23.7 Å². The third-order valence-electron chi connectivity index (χ3n) is 4.22. The molecule has 27 heavy (non-hydrogen) atoms. The van der Waals surface area contributed by atoms with E-state index in [4.69, 9.17) is 14.2 Å². The quantitative estimate of drug-likeness (QED) is 0.846. The molecule has 7 nitrogen and oxygen atoms in total. The first kappa shape index (κ1) is 18.6. The molecule has 0 aliphatic carbocycles. The molecule has 1 aliphatic heterocycles. The molecule has 2 aromatic rings. The van der Waals surface area contributed by atoms with E-state index in [2.05, 4.69) is 5.32 Å². The number of nitrogens with one attached hydrogen (secondary N) is 1. The molecular weight excluding hydrogens is 348 g/mol. The second-order valence-electron chi connectivity index (χ2n) is 6.07. The van der Waals surface area contributed by atoms with Crippen molar-refractivity contribution in [1.29, 1.82) is 0 Å². The van der Waals surface area contributed by atoms with Crippen molar-refractivity contribution in [3.05, 3.63) is 42.0 Å². The predicted molar refractivity (Wildman–Crippen MR) is 102 cm³/mol. The molecular formula is C20H22N2O5. The summed E-state index contributed by atoms with van der Waals surface area (Å²) in [6.45, 7) is 2.63. The van der Waals surface area contributed by atoms with E-state index in [-0.39, 0.29) is 18.4 Å². The lowest BCUT2D eigenvalue weighted by molar-refractivity contribution is -0.121. The minimum Gasteiger partial charge on any atom is -0.497 e. The number of hydrogen-bond donors (Lipinski definition) is 1. The summed E-state index contributed by atoms with van der Waals surface area (Å²) in [5.74, 6) is 1.28. The monoisotopic (exact) mass is 370 g/mol. The topological polar surface area (TPSA) is 77.1 Å². The van der Waals surface area contributed by atoms with Crippen LogP contribution in [0, 0.1) is 0 Å². The van der Waals surface area contributed by atoms with Gasteiger partial charge in [-0.25, -0.2) is 0 Å². The molecule has 0 atom stereocenters. The van der Waals surface area contributed by atoms with Gasteiger partial charge in [-0.15, -0.1) is 0 Å². The fraction of sp³-hybridized carbons (Fsp3) is 0.300. The number of methoxy groups -OCH3 is 2. The van der Waals surface area contributed by atoms with E-state index >= 15 is 0 Å². The summed E-state index contributed by atoms with van der Waals surface area (Å²) >= 11 is 0. The van der Waals surface area contributed by atoms with Crippen molar-refractivity contribution >= 4 is 23.2 Å². The van der Waals surface area contributed by atoms with Gasteiger partial charge >= 0.3 is 0 Å². The summed E-state index contributed by atoms with van der Waals surface area (Å²) in [6.07, 6.45) is 0.825. The van der Waals surface area contributed by atoms with Crippen LogP contribution in [0.3, 0.4) is 0 Å². The van der Waals surface area contributed by atoms with Crippen LogP contribution >= 0.6 is 0 Å². The molecule has 0 saturated carbocycles. The van der Waals surface area contributed by atoms with Gasteiger partial charge in [0.05, 0.1) is 19.9 Å². The number of hydrogen-bond acceptors (Lipinski definition) is 5. The first-order valence-corrected chi connectivity index (χ1v) is 8.67. The molecule has 0 radical (unpaired) electrons. The molecule has 2 amide bonds. The van der Waals surface area contributed by atoms with Crippen LogP contribution in [-0.4, -0.2) is 39.2 Å². The van der Waals surface area contributed by atoms with Crippen LogP contribution in [0.5, 0.6) is 17.2 Å². The molecule has 142 valence electrons. The number of rotatable bonds is 6. The lowest BCUT2D eigenvalue weighted by Gasteiger charge is -2.29. The summed E-state index contributed by atoms with van der Waals surface area (Å²) in [7, 11) is 3.05. The van der Waals surface area contributed by atoms with Crippen LogP contribution in [0.2, 0.25) is 0 Å². The highest BCUT2D eigenvalue weighted by Gasteiger charge is 2.25. The minimum atomic E-state index is -0.308. The van der Waals surface area contributed by atoms with Crippen molar-refractivity contribution in [3.63, 3.8) is 0 Å². The average molecular weight is 370 g/mol. The molecule has 0 unspecified atom stereocenters. The molecule has 2 aromatic carbocycles. The Bertz CT molecular complexity index is 843. The van der Waals surface area contributed by atoms with Crippen LogP contribution in [0.4, 0.5) is 11.4 Å². The van der Waals surface area contributed by atoms with Crippen molar-refractivity contribution < 1.29 is 23.8 Å². The van der Waals surface area contributed by atoms with Gasteiger partial charge in [-0.1, -0.05) is 6.92 Å². The van der Waals surface area contributed by atoms with E-state index in [1.165, 1.54) is 14.2 Å². The lowest BCUT2D eigenvalue weighted by atomic mass is 10.1. The number of carbonyl (C=O) groups excluding carboxylic acids is 2. The zero-order valence-corrected chi connectivity index (χ0v) is 15.6. The zero-order valence-electron chi connectivity index (χ0n) is 15.6. The fourth-order valence-electron chi connectivity index (χ4n) is 2.89. The molecule has 7 heteroatoms. The first-order valence-electron chi connectivity index (χ1n) is 8.67. The Hall–Kier alpha value is -3.22. The third kappa shape index (κ3) is 3.97. The highest BCUT2D eigenvalue weighted by molar-refractivity contribution is 6.06. The molecule has 0 fully saturated rings. The number of nitrogens with zero attached hydrogens (tertiary/aromatic N) is 1. The Kier molecular flexibility index (Phi) is 5.49. The largest absolute Gasteiger partial charge is 0.497 e. The molecule has 0 aromatic heterocycles. The summed E-state index contributed by atoms with van der Waals surface area (Å²) in [5, 5.41) is 2.84. The van der Waals surface area contributed by atoms with E-state index in [0.29, 0.717) is 40.7 Å². The van der Waals surface area contributed by atoms with Gasteiger partial charge in [0.1, 0.15) is 17.2 Å². The summed E-state index contributed by atoms with van der Waals surface area (Å²) < 4.78 is 15.9. The number of carbonyl (C=O) groups is 2. The van der Waals surface area contributed by atoms with Gasteiger partial charge < -0.3 is 24.4 Å². The van der Waals surface area contributed by atoms with Crippen LogP contribution in [-0.2, 0) is 4.79 Å². The molecule has 1 aliphatic rings. The van der Waals surface area contributed by atoms with E-state index in [1.807, 2.05) is 6.92 Å². The van der Waals surface area contributed by atoms with Gasteiger partial charge in [0.15, 0.2) is 6.61 Å². The van der Waals surface area contributed by atoms with Gasteiger partial charge in [-0.2, -0.15) is 0 Å². The van der Waals surface area contributed by atoms with Gasteiger partial charge in [0.25, 0.3) is 11.8 Å². The normalized spacial score (nSPS) is 12.9. The second kappa shape index (κ2) is 7.99. The molecule has 1 heterocycles. The van der Waals surface area contributed by atoms with Gasteiger partial charge in [0.2, 0.25) is 0 Å². The maximum atomic E-state index is 12.7. The number of ether oxygens (including phenoxy) is 3. The maximum Gasteiger partial charge on any atom is 0.265 e. The maximum absolute atomic E-state index is 12.7. The molecule has 0 spiro atoms. The number of benzene rings is 2. The van der Waals surface area contributed by atoms with Crippen molar-refractivity contribution in [3.8, 4) is 17.2 Å². The second-order valence-corrected chi connectivity index (χ2v) is 6.07. The van der Waals surface area contributed by atoms with Crippen molar-refractivity contribution in [2.24, 2.45) is 0 Å². The number of amides is 2. The van der Waals surface area contributed by atoms with E-state index < -0.39 is 0 Å². The molecule has 3 rings (SSSR count). The van der Waals surface area contributed by atoms with Crippen molar-refractivity contribution in [2.75, 3.05) is 37.6 Å². The van der Waals surface area contributed by atoms with Crippen LogP contribution in [0.15, 0.2) is 36.4 Å². The molecule has 1 N–H and O–H groups in total. The predicted octanol–water partition coefficient (Wildman–Crippen LogP) is 3.09. The molecule has 0 bridgehead atoms. The first-order chi connectivity index (χ1) is 13.0. The van der Waals surface area contributed by atoms with Crippen molar-refractivity contribution in [1.82, 2.24) is 0 Å². The average Bonchev–Trinajstić information content (AvgIpc) is 2.69. The Labute approximate surface area is 157 Å². The Morgan fingerprint density at radius 2 is 1.85 bits per heavy atom. The van der Waals surface area contributed by atoms with E-state index in [0.717, 1.165) is 6.42 Å². The zero-order chi connectivity index (χ0) is 19.4.